The predicted molar refractivity (Wildman–Crippen MR) is 99.3 cm³/mol. The summed E-state index contributed by atoms with van der Waals surface area (Å²) >= 11 is 1.62. The zero-order valence-corrected chi connectivity index (χ0v) is 15.2. The number of nitrogens with zero attached hydrogens (tertiary/aromatic N) is 5. The van der Waals surface area contributed by atoms with Crippen LogP contribution in [0, 0.1) is 11.3 Å². The third kappa shape index (κ3) is 3.99. The van der Waals surface area contributed by atoms with Gasteiger partial charge in [-0.05, 0) is 29.1 Å². The molecule has 0 radical (unpaired) electrons. The standard InChI is InChI=1S/C19H19N5OS/c20-12-15-3-5-16(6-4-15)13-23-7-9-24(10-8-23)14-18-21-19(22-25-18)17-2-1-11-26-17/h1-6,11H,7-10,13-14H2. The van der Waals surface area contributed by atoms with Crippen molar-refractivity contribution >= 4 is 11.3 Å². The number of nitriles is 1. The second kappa shape index (κ2) is 7.79. The molecule has 26 heavy (non-hydrogen) atoms. The summed E-state index contributed by atoms with van der Waals surface area (Å²) in [7, 11) is 0. The van der Waals surface area contributed by atoms with Crippen molar-refractivity contribution in [2.75, 3.05) is 26.2 Å². The molecule has 4 rings (SSSR count). The van der Waals surface area contributed by atoms with Crippen LogP contribution in [-0.2, 0) is 13.1 Å². The first-order valence-electron chi connectivity index (χ1n) is 8.60. The maximum absolute atomic E-state index is 8.87. The minimum absolute atomic E-state index is 0.675. The Morgan fingerprint density at radius 1 is 1.04 bits per heavy atom. The summed E-state index contributed by atoms with van der Waals surface area (Å²) < 4.78 is 5.40. The average Bonchev–Trinajstić information content (AvgIpc) is 3.36. The van der Waals surface area contributed by atoms with E-state index in [0.717, 1.165) is 37.6 Å². The van der Waals surface area contributed by atoms with E-state index in [2.05, 4.69) is 26.0 Å². The summed E-state index contributed by atoms with van der Waals surface area (Å²) in [4.78, 5) is 10.3. The number of aromatic nitrogens is 2. The Balaban J connectivity index is 1.27. The average molecular weight is 365 g/mol. The number of hydrogen-bond donors (Lipinski definition) is 0. The van der Waals surface area contributed by atoms with Gasteiger partial charge in [-0.1, -0.05) is 23.4 Å². The Labute approximate surface area is 156 Å². The van der Waals surface area contributed by atoms with Crippen molar-refractivity contribution in [2.24, 2.45) is 0 Å². The monoisotopic (exact) mass is 365 g/mol. The van der Waals surface area contributed by atoms with E-state index in [4.69, 9.17) is 9.78 Å². The molecule has 2 aromatic heterocycles. The molecule has 0 atom stereocenters. The first-order chi connectivity index (χ1) is 12.8. The Morgan fingerprint density at radius 2 is 1.77 bits per heavy atom. The van der Waals surface area contributed by atoms with Crippen molar-refractivity contribution in [1.29, 1.82) is 5.26 Å². The van der Waals surface area contributed by atoms with Gasteiger partial charge >= 0.3 is 0 Å². The lowest BCUT2D eigenvalue weighted by atomic mass is 10.1. The van der Waals surface area contributed by atoms with Crippen LogP contribution >= 0.6 is 11.3 Å². The van der Waals surface area contributed by atoms with Gasteiger partial charge in [0.05, 0.1) is 23.1 Å². The van der Waals surface area contributed by atoms with E-state index in [9.17, 15) is 0 Å². The normalized spacial score (nSPS) is 15.8. The number of rotatable bonds is 5. The summed E-state index contributed by atoms with van der Waals surface area (Å²) in [5.74, 6) is 1.35. The predicted octanol–water partition coefficient (Wildman–Crippen LogP) is 2.99. The molecule has 0 bridgehead atoms. The van der Waals surface area contributed by atoms with Crippen molar-refractivity contribution in [3.8, 4) is 16.8 Å². The van der Waals surface area contributed by atoms with Gasteiger partial charge in [0.1, 0.15) is 0 Å². The molecule has 0 spiro atoms. The Bertz CT molecular complexity index is 874. The van der Waals surface area contributed by atoms with Gasteiger partial charge in [-0.3, -0.25) is 9.80 Å². The highest BCUT2D eigenvalue weighted by Crippen LogP contribution is 2.21. The number of piperazine rings is 1. The number of benzene rings is 1. The second-order valence-electron chi connectivity index (χ2n) is 6.35. The topological polar surface area (TPSA) is 69.2 Å². The van der Waals surface area contributed by atoms with Crippen LogP contribution in [0.4, 0.5) is 0 Å². The van der Waals surface area contributed by atoms with Crippen LogP contribution < -0.4 is 0 Å². The van der Waals surface area contributed by atoms with Gasteiger partial charge in [0, 0.05) is 32.7 Å². The fourth-order valence-electron chi connectivity index (χ4n) is 3.06. The minimum atomic E-state index is 0.675. The van der Waals surface area contributed by atoms with Crippen LogP contribution in [0.15, 0.2) is 46.3 Å². The molecule has 6 nitrogen and oxygen atoms in total. The molecule has 0 unspecified atom stereocenters. The Kier molecular flexibility index (Phi) is 5.07. The minimum Gasteiger partial charge on any atom is -0.338 e. The third-order valence-corrected chi connectivity index (χ3v) is 5.39. The van der Waals surface area contributed by atoms with Crippen molar-refractivity contribution in [3.63, 3.8) is 0 Å². The molecule has 0 amide bonds. The fraction of sp³-hybridized carbons (Fsp3) is 0.316. The summed E-state index contributed by atoms with van der Waals surface area (Å²) in [6.07, 6.45) is 0. The van der Waals surface area contributed by atoms with Gasteiger partial charge in [-0.15, -0.1) is 11.3 Å². The third-order valence-electron chi connectivity index (χ3n) is 4.52. The van der Waals surface area contributed by atoms with E-state index in [0.29, 0.717) is 23.8 Å². The van der Waals surface area contributed by atoms with E-state index in [1.54, 1.807) is 11.3 Å². The summed E-state index contributed by atoms with van der Waals surface area (Å²) in [5.41, 5.74) is 1.95. The van der Waals surface area contributed by atoms with Crippen LogP contribution in [0.2, 0.25) is 0 Å². The molecule has 1 aliphatic heterocycles. The first kappa shape index (κ1) is 16.9. The lowest BCUT2D eigenvalue weighted by Gasteiger charge is -2.33. The second-order valence-corrected chi connectivity index (χ2v) is 7.30. The summed E-state index contributed by atoms with van der Waals surface area (Å²) in [5, 5.41) is 15.0. The molecule has 0 N–H and O–H groups in total. The van der Waals surface area contributed by atoms with Gasteiger partial charge in [0.2, 0.25) is 11.7 Å². The zero-order valence-electron chi connectivity index (χ0n) is 14.3. The Morgan fingerprint density at radius 3 is 2.42 bits per heavy atom. The van der Waals surface area contributed by atoms with Gasteiger partial charge in [0.15, 0.2) is 0 Å². The smallest absolute Gasteiger partial charge is 0.241 e. The van der Waals surface area contributed by atoms with Gasteiger partial charge in [-0.25, -0.2) is 0 Å². The van der Waals surface area contributed by atoms with Crippen LogP contribution in [0.3, 0.4) is 0 Å². The lowest BCUT2D eigenvalue weighted by Crippen LogP contribution is -2.45. The van der Waals surface area contributed by atoms with E-state index in [-0.39, 0.29) is 0 Å². The molecule has 3 aromatic rings. The van der Waals surface area contributed by atoms with Gasteiger partial charge in [0.25, 0.3) is 0 Å². The summed E-state index contributed by atoms with van der Waals surface area (Å²) in [6, 6.07) is 14.0. The molecular formula is C19H19N5OS. The molecule has 0 saturated carbocycles. The van der Waals surface area contributed by atoms with Crippen LogP contribution in [0.1, 0.15) is 17.0 Å². The largest absolute Gasteiger partial charge is 0.338 e. The number of hydrogen-bond acceptors (Lipinski definition) is 7. The van der Waals surface area contributed by atoms with E-state index in [1.807, 2.05) is 41.8 Å². The van der Waals surface area contributed by atoms with E-state index < -0.39 is 0 Å². The molecule has 1 saturated heterocycles. The lowest BCUT2D eigenvalue weighted by molar-refractivity contribution is 0.112. The first-order valence-corrected chi connectivity index (χ1v) is 9.48. The van der Waals surface area contributed by atoms with Crippen molar-refractivity contribution in [2.45, 2.75) is 13.1 Å². The van der Waals surface area contributed by atoms with Gasteiger partial charge in [-0.2, -0.15) is 10.2 Å². The van der Waals surface area contributed by atoms with Crippen LogP contribution in [0.5, 0.6) is 0 Å². The fourth-order valence-corrected chi connectivity index (χ4v) is 3.71. The zero-order chi connectivity index (χ0) is 17.8. The van der Waals surface area contributed by atoms with Gasteiger partial charge < -0.3 is 4.52 Å². The molecule has 1 aromatic carbocycles. The maximum atomic E-state index is 8.87. The maximum Gasteiger partial charge on any atom is 0.241 e. The number of thiophene rings is 1. The molecule has 1 fully saturated rings. The molecule has 1 aliphatic rings. The highest BCUT2D eigenvalue weighted by Gasteiger charge is 2.19. The molecule has 3 heterocycles. The van der Waals surface area contributed by atoms with E-state index in [1.165, 1.54) is 5.56 Å². The van der Waals surface area contributed by atoms with Crippen LogP contribution in [0.25, 0.3) is 10.7 Å². The van der Waals surface area contributed by atoms with Crippen molar-refractivity contribution < 1.29 is 4.52 Å². The van der Waals surface area contributed by atoms with E-state index >= 15 is 0 Å². The highest BCUT2D eigenvalue weighted by atomic mass is 32.1. The molecular weight excluding hydrogens is 346 g/mol. The highest BCUT2D eigenvalue weighted by molar-refractivity contribution is 7.13. The summed E-state index contributed by atoms with van der Waals surface area (Å²) in [6.45, 7) is 5.59. The SMILES string of the molecule is N#Cc1ccc(CN2CCN(Cc3nc(-c4cccs4)no3)CC2)cc1. The van der Waals surface area contributed by atoms with Crippen molar-refractivity contribution in [1.82, 2.24) is 19.9 Å². The Hall–Kier alpha value is -2.53. The van der Waals surface area contributed by atoms with Crippen LogP contribution in [-0.4, -0.2) is 46.1 Å². The van der Waals surface area contributed by atoms with Crippen molar-refractivity contribution in [3.05, 3.63) is 58.8 Å². The molecule has 7 heteroatoms. The molecule has 132 valence electrons. The molecule has 0 aliphatic carbocycles. The quantitative estimate of drug-likeness (QED) is 0.692.